The first-order valence-corrected chi connectivity index (χ1v) is 8.05. The summed E-state index contributed by atoms with van der Waals surface area (Å²) in [6.45, 7) is 3.16. The minimum absolute atomic E-state index is 0.194. The molecule has 0 aromatic heterocycles. The molecule has 0 saturated carbocycles. The van der Waals surface area contributed by atoms with Crippen LogP contribution in [0.5, 0.6) is 5.75 Å². The van der Waals surface area contributed by atoms with Gasteiger partial charge in [0.25, 0.3) is 0 Å². The van der Waals surface area contributed by atoms with Crippen LogP contribution in [-0.2, 0) is 9.59 Å². The second kappa shape index (κ2) is 8.39. The quantitative estimate of drug-likeness (QED) is 0.732. The molecule has 2 aromatic rings. The van der Waals surface area contributed by atoms with Gasteiger partial charge in [0.15, 0.2) is 0 Å². The third-order valence-electron chi connectivity index (χ3n) is 3.40. The van der Waals surface area contributed by atoms with E-state index in [0.29, 0.717) is 22.1 Å². The Labute approximate surface area is 151 Å². The first-order chi connectivity index (χ1) is 11.9. The predicted octanol–water partition coefficient (Wildman–Crippen LogP) is 3.75. The first-order valence-electron chi connectivity index (χ1n) is 7.67. The second-order valence-electron chi connectivity index (χ2n) is 5.46. The Morgan fingerprint density at radius 1 is 1.04 bits per heavy atom. The average molecular weight is 362 g/mol. The van der Waals surface area contributed by atoms with Crippen molar-refractivity contribution in [3.8, 4) is 5.75 Å². The molecule has 2 aromatic carbocycles. The highest BCUT2D eigenvalue weighted by Gasteiger charge is 2.15. The fourth-order valence-electron chi connectivity index (χ4n) is 2.19. The van der Waals surface area contributed by atoms with E-state index < -0.39 is 6.04 Å². The summed E-state index contributed by atoms with van der Waals surface area (Å²) in [5.74, 6) is 0.0644. The number of hydrogen-bond acceptors (Lipinski definition) is 4. The summed E-state index contributed by atoms with van der Waals surface area (Å²) in [5, 5.41) is 9.19. The SMILES string of the molecule is COc1ccc(NC(C)=O)cc1NC(=O)C(C)Nc1ccc(Cl)cc1. The number of halogens is 1. The number of anilines is 3. The highest BCUT2D eigenvalue weighted by Crippen LogP contribution is 2.28. The molecule has 6 nitrogen and oxygen atoms in total. The van der Waals surface area contributed by atoms with Gasteiger partial charge in [0.2, 0.25) is 11.8 Å². The largest absolute Gasteiger partial charge is 0.495 e. The molecule has 0 heterocycles. The summed E-state index contributed by atoms with van der Waals surface area (Å²) < 4.78 is 5.25. The monoisotopic (exact) mass is 361 g/mol. The molecule has 7 heteroatoms. The summed E-state index contributed by atoms with van der Waals surface area (Å²) in [4.78, 5) is 23.6. The summed E-state index contributed by atoms with van der Waals surface area (Å²) >= 11 is 5.85. The zero-order valence-electron chi connectivity index (χ0n) is 14.2. The topological polar surface area (TPSA) is 79.5 Å². The molecule has 0 fully saturated rings. The van der Waals surface area contributed by atoms with Crippen molar-refractivity contribution in [1.29, 1.82) is 0 Å². The zero-order valence-corrected chi connectivity index (χ0v) is 15.0. The molecule has 0 aliphatic carbocycles. The van der Waals surface area contributed by atoms with Gasteiger partial charge in [0.05, 0.1) is 12.8 Å². The molecular weight excluding hydrogens is 342 g/mol. The van der Waals surface area contributed by atoms with Crippen LogP contribution in [0.1, 0.15) is 13.8 Å². The van der Waals surface area contributed by atoms with Crippen molar-refractivity contribution in [2.24, 2.45) is 0 Å². The number of ether oxygens (including phenoxy) is 1. The lowest BCUT2D eigenvalue weighted by Crippen LogP contribution is -2.32. The van der Waals surface area contributed by atoms with Crippen molar-refractivity contribution >= 4 is 40.5 Å². The number of amides is 2. The highest BCUT2D eigenvalue weighted by atomic mass is 35.5. The smallest absolute Gasteiger partial charge is 0.246 e. The number of rotatable bonds is 6. The van der Waals surface area contributed by atoms with Crippen LogP contribution in [0.2, 0.25) is 5.02 Å². The number of methoxy groups -OCH3 is 1. The van der Waals surface area contributed by atoms with Crippen LogP contribution in [0, 0.1) is 0 Å². The molecular formula is C18H20ClN3O3. The van der Waals surface area contributed by atoms with Crippen molar-refractivity contribution in [2.75, 3.05) is 23.1 Å². The van der Waals surface area contributed by atoms with Crippen LogP contribution in [0.4, 0.5) is 17.1 Å². The van der Waals surface area contributed by atoms with Gasteiger partial charge in [-0.3, -0.25) is 9.59 Å². The van der Waals surface area contributed by atoms with Crippen LogP contribution in [0.15, 0.2) is 42.5 Å². The van der Waals surface area contributed by atoms with Crippen molar-refractivity contribution < 1.29 is 14.3 Å². The standard InChI is InChI=1S/C18H20ClN3O3/c1-11(20-14-6-4-13(19)5-7-14)18(24)22-16-10-15(21-12(2)23)8-9-17(16)25-3/h4-11,20H,1-3H3,(H,21,23)(H,22,24). The molecule has 3 N–H and O–H groups in total. The second-order valence-corrected chi connectivity index (χ2v) is 5.89. The van der Waals surface area contributed by atoms with Crippen LogP contribution in [-0.4, -0.2) is 25.0 Å². The van der Waals surface area contributed by atoms with Crippen LogP contribution in [0.25, 0.3) is 0 Å². The maximum atomic E-state index is 12.4. The molecule has 0 spiro atoms. The number of nitrogens with one attached hydrogen (secondary N) is 3. The summed E-state index contributed by atoms with van der Waals surface area (Å²) in [6.07, 6.45) is 0. The maximum absolute atomic E-state index is 12.4. The Hall–Kier alpha value is -2.73. The fourth-order valence-corrected chi connectivity index (χ4v) is 2.32. The lowest BCUT2D eigenvalue weighted by molar-refractivity contribution is -0.116. The molecule has 1 atom stereocenters. The number of carbonyl (C=O) groups is 2. The third-order valence-corrected chi connectivity index (χ3v) is 3.65. The van der Waals surface area contributed by atoms with E-state index in [1.54, 1.807) is 49.4 Å². The number of carbonyl (C=O) groups excluding carboxylic acids is 2. The van der Waals surface area contributed by atoms with Gasteiger partial charge < -0.3 is 20.7 Å². The molecule has 0 bridgehead atoms. The number of hydrogen-bond donors (Lipinski definition) is 3. The Bertz CT molecular complexity index is 763. The normalized spacial score (nSPS) is 11.4. The van der Waals surface area contributed by atoms with E-state index in [9.17, 15) is 9.59 Å². The van der Waals surface area contributed by atoms with Gasteiger partial charge >= 0.3 is 0 Å². The summed E-state index contributed by atoms with van der Waals surface area (Å²) in [5.41, 5.74) is 1.83. The fraction of sp³-hybridized carbons (Fsp3) is 0.222. The van der Waals surface area contributed by atoms with E-state index >= 15 is 0 Å². The average Bonchev–Trinajstić information content (AvgIpc) is 2.56. The highest BCUT2D eigenvalue weighted by molar-refractivity contribution is 6.30. The zero-order chi connectivity index (χ0) is 18.4. The van der Waals surface area contributed by atoms with Crippen LogP contribution >= 0.6 is 11.6 Å². The Morgan fingerprint density at radius 3 is 2.28 bits per heavy atom. The Morgan fingerprint density at radius 2 is 1.68 bits per heavy atom. The van der Waals surface area contributed by atoms with Gasteiger partial charge in [0.1, 0.15) is 11.8 Å². The Kier molecular flexibility index (Phi) is 6.25. The van der Waals surface area contributed by atoms with Crippen molar-refractivity contribution in [1.82, 2.24) is 0 Å². The minimum atomic E-state index is -0.490. The van der Waals surface area contributed by atoms with Gasteiger partial charge in [-0.15, -0.1) is 0 Å². The van der Waals surface area contributed by atoms with Crippen LogP contribution in [0.3, 0.4) is 0 Å². The molecule has 0 aliphatic heterocycles. The Balaban J connectivity index is 2.09. The third kappa shape index (κ3) is 5.39. The van der Waals surface area contributed by atoms with E-state index in [-0.39, 0.29) is 11.8 Å². The lowest BCUT2D eigenvalue weighted by Gasteiger charge is -2.17. The predicted molar refractivity (Wildman–Crippen MR) is 100 cm³/mol. The molecule has 0 aliphatic rings. The van der Waals surface area contributed by atoms with Crippen LogP contribution < -0.4 is 20.7 Å². The van der Waals surface area contributed by atoms with E-state index in [1.807, 2.05) is 0 Å². The van der Waals surface area contributed by atoms with Crippen molar-refractivity contribution in [2.45, 2.75) is 19.9 Å². The molecule has 132 valence electrons. The number of benzene rings is 2. The van der Waals surface area contributed by atoms with Gasteiger partial charge in [-0.05, 0) is 49.4 Å². The first kappa shape index (κ1) is 18.6. The van der Waals surface area contributed by atoms with Gasteiger partial charge in [-0.2, -0.15) is 0 Å². The summed E-state index contributed by atoms with van der Waals surface area (Å²) in [6, 6.07) is 11.6. The minimum Gasteiger partial charge on any atom is -0.495 e. The van der Waals surface area contributed by atoms with Crippen molar-refractivity contribution in [3.63, 3.8) is 0 Å². The van der Waals surface area contributed by atoms with E-state index in [2.05, 4.69) is 16.0 Å². The molecule has 1 unspecified atom stereocenters. The molecule has 0 radical (unpaired) electrons. The molecule has 25 heavy (non-hydrogen) atoms. The van der Waals surface area contributed by atoms with E-state index in [0.717, 1.165) is 5.69 Å². The summed E-state index contributed by atoms with van der Waals surface area (Å²) in [7, 11) is 1.51. The maximum Gasteiger partial charge on any atom is 0.246 e. The van der Waals surface area contributed by atoms with Gasteiger partial charge in [0, 0.05) is 23.3 Å². The molecule has 0 saturated heterocycles. The lowest BCUT2D eigenvalue weighted by atomic mass is 10.2. The molecule has 2 rings (SSSR count). The van der Waals surface area contributed by atoms with Crippen molar-refractivity contribution in [3.05, 3.63) is 47.5 Å². The molecule has 2 amide bonds. The van der Waals surface area contributed by atoms with E-state index in [1.165, 1.54) is 14.0 Å². The van der Waals surface area contributed by atoms with E-state index in [4.69, 9.17) is 16.3 Å². The van der Waals surface area contributed by atoms with Gasteiger partial charge in [-0.25, -0.2) is 0 Å². The van der Waals surface area contributed by atoms with Gasteiger partial charge in [-0.1, -0.05) is 11.6 Å².